The van der Waals surface area contributed by atoms with Crippen LogP contribution in [0.5, 0.6) is 0 Å². The maximum absolute atomic E-state index is 11.9. The molecule has 4 nitrogen and oxygen atoms in total. The van der Waals surface area contributed by atoms with E-state index in [0.29, 0.717) is 24.4 Å². The quantitative estimate of drug-likeness (QED) is 0.742. The second-order valence-corrected chi connectivity index (χ2v) is 6.16. The fourth-order valence-corrected chi connectivity index (χ4v) is 2.50. The number of thiophene rings is 1. The first-order valence-electron chi connectivity index (χ1n) is 6.22. The zero-order chi connectivity index (χ0) is 14.3. The Hall–Kier alpha value is -0.980. The summed E-state index contributed by atoms with van der Waals surface area (Å²) >= 11 is 6.54. The van der Waals surface area contributed by atoms with Gasteiger partial charge in [-0.15, -0.1) is 11.3 Å². The molecular formula is C13H21N3OS2. The maximum atomic E-state index is 11.9. The Bertz CT molecular complexity index is 406. The van der Waals surface area contributed by atoms with Crippen LogP contribution in [0.25, 0.3) is 0 Å². The van der Waals surface area contributed by atoms with Crippen molar-refractivity contribution in [3.05, 3.63) is 22.4 Å². The molecule has 106 valence electrons. The van der Waals surface area contributed by atoms with Gasteiger partial charge >= 0.3 is 0 Å². The van der Waals surface area contributed by atoms with Gasteiger partial charge in [0.2, 0.25) is 5.91 Å². The summed E-state index contributed by atoms with van der Waals surface area (Å²) < 4.78 is 0. The van der Waals surface area contributed by atoms with Gasteiger partial charge in [-0.25, -0.2) is 0 Å². The lowest BCUT2D eigenvalue weighted by molar-refractivity contribution is -0.130. The largest absolute Gasteiger partial charge is 0.393 e. The summed E-state index contributed by atoms with van der Waals surface area (Å²) in [5.41, 5.74) is 5.43. The van der Waals surface area contributed by atoms with Crippen molar-refractivity contribution < 1.29 is 4.79 Å². The average Bonchev–Trinajstić information content (AvgIpc) is 2.85. The smallest absolute Gasteiger partial charge is 0.223 e. The van der Waals surface area contributed by atoms with E-state index in [-0.39, 0.29) is 5.91 Å². The van der Waals surface area contributed by atoms with Crippen LogP contribution in [0.15, 0.2) is 17.5 Å². The van der Waals surface area contributed by atoms with Crippen molar-refractivity contribution in [3.8, 4) is 0 Å². The van der Waals surface area contributed by atoms with E-state index in [4.69, 9.17) is 18.0 Å². The molecule has 0 atom stereocenters. The molecule has 0 radical (unpaired) electrons. The van der Waals surface area contributed by atoms with Gasteiger partial charge in [0, 0.05) is 44.4 Å². The topological polar surface area (TPSA) is 49.6 Å². The van der Waals surface area contributed by atoms with E-state index in [1.807, 2.05) is 13.1 Å². The van der Waals surface area contributed by atoms with Crippen molar-refractivity contribution in [3.63, 3.8) is 0 Å². The molecular weight excluding hydrogens is 278 g/mol. The number of carbonyl (C=O) groups excluding carboxylic acids is 1. The Kier molecular flexibility index (Phi) is 6.97. The number of carbonyl (C=O) groups is 1. The standard InChI is InChI=1S/C13H21N3OS2/c1-15(10-11-4-3-9-19-11)7-6-13(17)16(2)8-5-12(14)18/h3-4,9H,5-8,10H2,1-2H3,(H2,14,18). The summed E-state index contributed by atoms with van der Waals surface area (Å²) in [6.07, 6.45) is 1.11. The first kappa shape index (κ1) is 16.1. The van der Waals surface area contributed by atoms with Crippen LogP contribution in [-0.2, 0) is 11.3 Å². The molecule has 0 aromatic carbocycles. The van der Waals surface area contributed by atoms with Gasteiger partial charge in [-0.1, -0.05) is 18.3 Å². The first-order valence-corrected chi connectivity index (χ1v) is 7.51. The molecule has 0 aliphatic carbocycles. The molecule has 2 N–H and O–H groups in total. The minimum Gasteiger partial charge on any atom is -0.393 e. The monoisotopic (exact) mass is 299 g/mol. The Morgan fingerprint density at radius 1 is 1.37 bits per heavy atom. The Morgan fingerprint density at radius 3 is 2.68 bits per heavy atom. The van der Waals surface area contributed by atoms with Crippen molar-refractivity contribution in [1.29, 1.82) is 0 Å². The average molecular weight is 299 g/mol. The van der Waals surface area contributed by atoms with Crippen LogP contribution in [0.1, 0.15) is 17.7 Å². The molecule has 1 heterocycles. The predicted octanol–water partition coefficient (Wildman–Crippen LogP) is 1.70. The van der Waals surface area contributed by atoms with Gasteiger partial charge in [-0.2, -0.15) is 0 Å². The minimum absolute atomic E-state index is 0.134. The number of hydrogen-bond donors (Lipinski definition) is 1. The summed E-state index contributed by atoms with van der Waals surface area (Å²) in [6.45, 7) is 2.25. The highest BCUT2D eigenvalue weighted by Gasteiger charge is 2.10. The van der Waals surface area contributed by atoms with Crippen molar-refractivity contribution in [1.82, 2.24) is 9.80 Å². The molecule has 1 amide bonds. The minimum atomic E-state index is 0.134. The highest BCUT2D eigenvalue weighted by Crippen LogP contribution is 2.10. The van der Waals surface area contributed by atoms with Gasteiger partial charge in [0.25, 0.3) is 0 Å². The van der Waals surface area contributed by atoms with Crippen molar-refractivity contribution in [2.24, 2.45) is 5.73 Å². The maximum Gasteiger partial charge on any atom is 0.223 e. The van der Waals surface area contributed by atoms with Crippen LogP contribution >= 0.6 is 23.6 Å². The molecule has 0 bridgehead atoms. The summed E-state index contributed by atoms with van der Waals surface area (Å²) in [5, 5.41) is 2.07. The van der Waals surface area contributed by atoms with Crippen molar-refractivity contribution in [2.45, 2.75) is 19.4 Å². The molecule has 0 aliphatic rings. The lowest BCUT2D eigenvalue weighted by Crippen LogP contribution is -2.32. The Morgan fingerprint density at radius 2 is 2.11 bits per heavy atom. The zero-order valence-corrected chi connectivity index (χ0v) is 13.1. The van der Waals surface area contributed by atoms with Gasteiger partial charge in [-0.05, 0) is 18.5 Å². The number of hydrogen-bond acceptors (Lipinski definition) is 4. The number of amides is 1. The molecule has 0 fully saturated rings. The van der Waals surface area contributed by atoms with Gasteiger partial charge in [-0.3, -0.25) is 4.79 Å². The summed E-state index contributed by atoms with van der Waals surface area (Å²) in [6, 6.07) is 4.15. The molecule has 1 rings (SSSR count). The third-order valence-electron chi connectivity index (χ3n) is 2.83. The number of rotatable bonds is 8. The lowest BCUT2D eigenvalue weighted by Gasteiger charge is -2.20. The third kappa shape index (κ3) is 6.66. The Balaban J connectivity index is 2.23. The SMILES string of the molecule is CN(CCC(=O)N(C)CCC(N)=S)Cc1cccs1. The van der Waals surface area contributed by atoms with Crippen LogP contribution in [0, 0.1) is 0 Å². The number of nitrogens with zero attached hydrogens (tertiary/aromatic N) is 2. The van der Waals surface area contributed by atoms with E-state index < -0.39 is 0 Å². The van der Waals surface area contributed by atoms with E-state index in [1.165, 1.54) is 4.88 Å². The van der Waals surface area contributed by atoms with Crippen LogP contribution < -0.4 is 5.73 Å². The van der Waals surface area contributed by atoms with Gasteiger partial charge in [0.1, 0.15) is 0 Å². The van der Waals surface area contributed by atoms with E-state index in [2.05, 4.69) is 16.3 Å². The summed E-state index contributed by atoms with van der Waals surface area (Å²) in [4.78, 5) is 17.5. The second kappa shape index (κ2) is 8.24. The Labute approximate surface area is 124 Å². The lowest BCUT2D eigenvalue weighted by atomic mass is 10.3. The first-order chi connectivity index (χ1) is 8.99. The van der Waals surface area contributed by atoms with E-state index in [0.717, 1.165) is 13.1 Å². The van der Waals surface area contributed by atoms with Crippen LogP contribution in [0.4, 0.5) is 0 Å². The van der Waals surface area contributed by atoms with Gasteiger partial charge in [0.05, 0.1) is 4.99 Å². The van der Waals surface area contributed by atoms with E-state index in [9.17, 15) is 4.79 Å². The normalized spacial score (nSPS) is 10.7. The fraction of sp³-hybridized carbons (Fsp3) is 0.538. The molecule has 1 aromatic rings. The van der Waals surface area contributed by atoms with Gasteiger partial charge < -0.3 is 15.5 Å². The van der Waals surface area contributed by atoms with Crippen LogP contribution in [0.2, 0.25) is 0 Å². The summed E-state index contributed by atoms with van der Waals surface area (Å²) in [7, 11) is 3.82. The molecule has 0 unspecified atom stereocenters. The highest BCUT2D eigenvalue weighted by molar-refractivity contribution is 7.80. The van der Waals surface area contributed by atoms with Gasteiger partial charge in [0.15, 0.2) is 0 Å². The number of nitrogens with two attached hydrogens (primary N) is 1. The summed E-state index contributed by atoms with van der Waals surface area (Å²) in [5.74, 6) is 0.134. The molecule has 0 saturated carbocycles. The molecule has 6 heteroatoms. The molecule has 0 aliphatic heterocycles. The second-order valence-electron chi connectivity index (χ2n) is 4.60. The third-order valence-corrected chi connectivity index (χ3v) is 3.90. The van der Waals surface area contributed by atoms with Crippen molar-refractivity contribution >= 4 is 34.5 Å². The molecule has 19 heavy (non-hydrogen) atoms. The highest BCUT2D eigenvalue weighted by atomic mass is 32.1. The molecule has 0 spiro atoms. The predicted molar refractivity (Wildman–Crippen MR) is 84.3 cm³/mol. The van der Waals surface area contributed by atoms with Crippen LogP contribution in [0.3, 0.4) is 0 Å². The van der Waals surface area contributed by atoms with Crippen molar-refractivity contribution in [2.75, 3.05) is 27.2 Å². The van der Waals surface area contributed by atoms with Crippen LogP contribution in [-0.4, -0.2) is 47.9 Å². The number of thiocarbonyl (C=S) groups is 1. The van der Waals surface area contributed by atoms with E-state index >= 15 is 0 Å². The fourth-order valence-electron chi connectivity index (χ4n) is 1.63. The molecule has 0 saturated heterocycles. The zero-order valence-electron chi connectivity index (χ0n) is 11.5. The molecule has 1 aromatic heterocycles. The van der Waals surface area contributed by atoms with E-state index in [1.54, 1.807) is 23.3 Å².